The van der Waals surface area contributed by atoms with Gasteiger partial charge in [0.1, 0.15) is 0 Å². The van der Waals surface area contributed by atoms with Gasteiger partial charge in [0.05, 0.1) is 29.5 Å². The zero-order valence-corrected chi connectivity index (χ0v) is 11.8. The largest absolute Gasteiger partial charge is 0.336 e. The Morgan fingerprint density at radius 2 is 1.82 bits per heavy atom. The molecule has 22 heavy (non-hydrogen) atoms. The van der Waals surface area contributed by atoms with Crippen LogP contribution < -0.4 is 0 Å². The number of carbonyl (C=O) groups is 1. The fourth-order valence-corrected chi connectivity index (χ4v) is 2.81. The molecule has 0 bridgehead atoms. The van der Waals surface area contributed by atoms with Crippen LogP contribution in [0.4, 0.5) is 0 Å². The van der Waals surface area contributed by atoms with Crippen molar-refractivity contribution < 1.29 is 4.79 Å². The number of likely N-dealkylation sites (tertiary alicyclic amines) is 1. The molecular formula is C15H14N6O. The molecule has 1 amide bonds. The Hall–Kier alpha value is -2.83. The highest BCUT2D eigenvalue weighted by atomic mass is 16.2. The summed E-state index contributed by atoms with van der Waals surface area (Å²) in [7, 11) is 0. The summed E-state index contributed by atoms with van der Waals surface area (Å²) in [5.74, 6) is 0.0159. The van der Waals surface area contributed by atoms with E-state index in [0.717, 1.165) is 17.5 Å². The predicted molar refractivity (Wildman–Crippen MR) is 79.1 cm³/mol. The first-order valence-corrected chi connectivity index (χ1v) is 7.17. The summed E-state index contributed by atoms with van der Waals surface area (Å²) in [6.07, 6.45) is 7.46. The summed E-state index contributed by atoms with van der Waals surface area (Å²) in [5.41, 5.74) is 2.17. The average Bonchev–Trinajstić information content (AvgIpc) is 3.24. The third-order valence-corrected chi connectivity index (χ3v) is 3.93. The van der Waals surface area contributed by atoms with Crippen LogP contribution in [0.2, 0.25) is 0 Å². The van der Waals surface area contributed by atoms with Gasteiger partial charge in [0, 0.05) is 31.0 Å². The summed E-state index contributed by atoms with van der Waals surface area (Å²) >= 11 is 0. The topological polar surface area (TPSA) is 76.8 Å². The number of aromatic nitrogens is 5. The first-order chi connectivity index (χ1) is 10.8. The Labute approximate surface area is 126 Å². The third kappa shape index (κ3) is 2.20. The fraction of sp³-hybridized carbons (Fsp3) is 0.267. The molecule has 1 aliphatic heterocycles. The molecule has 1 fully saturated rings. The van der Waals surface area contributed by atoms with Crippen LogP contribution in [0.15, 0.2) is 43.0 Å². The summed E-state index contributed by atoms with van der Waals surface area (Å²) < 4.78 is 0. The van der Waals surface area contributed by atoms with Gasteiger partial charge < -0.3 is 4.90 Å². The Morgan fingerprint density at radius 3 is 2.64 bits per heavy atom. The number of fused-ring (bicyclic) bond motifs is 1. The van der Waals surface area contributed by atoms with E-state index in [9.17, 15) is 4.79 Å². The number of carbonyl (C=O) groups excluding carboxylic acids is 1. The molecule has 0 saturated carbocycles. The van der Waals surface area contributed by atoms with Gasteiger partial charge in [-0.2, -0.15) is 15.0 Å². The fourth-order valence-electron chi connectivity index (χ4n) is 2.81. The highest BCUT2D eigenvalue weighted by Gasteiger charge is 2.29. The van der Waals surface area contributed by atoms with E-state index in [1.54, 1.807) is 41.7 Å². The minimum atomic E-state index is 0.0159. The van der Waals surface area contributed by atoms with Crippen LogP contribution >= 0.6 is 0 Å². The highest BCUT2D eigenvalue weighted by Crippen LogP contribution is 2.22. The van der Waals surface area contributed by atoms with E-state index in [2.05, 4.69) is 20.2 Å². The van der Waals surface area contributed by atoms with E-state index in [-0.39, 0.29) is 11.9 Å². The van der Waals surface area contributed by atoms with Gasteiger partial charge in [0.15, 0.2) is 0 Å². The third-order valence-electron chi connectivity index (χ3n) is 3.93. The zero-order valence-electron chi connectivity index (χ0n) is 11.8. The SMILES string of the molecule is O=C(c1ccc2nccnc2c1)N1CCC(n2nccn2)C1. The van der Waals surface area contributed by atoms with Crippen molar-refractivity contribution in [1.29, 1.82) is 0 Å². The lowest BCUT2D eigenvalue weighted by atomic mass is 10.1. The van der Waals surface area contributed by atoms with Gasteiger partial charge in [-0.25, -0.2) is 0 Å². The van der Waals surface area contributed by atoms with Crippen LogP contribution in [0.3, 0.4) is 0 Å². The molecule has 3 heterocycles. The Bertz CT molecular complexity index is 816. The van der Waals surface area contributed by atoms with Crippen LogP contribution in [0.1, 0.15) is 22.8 Å². The minimum Gasteiger partial charge on any atom is -0.336 e. The molecule has 0 spiro atoms. The Morgan fingerprint density at radius 1 is 1.05 bits per heavy atom. The molecule has 7 nitrogen and oxygen atoms in total. The van der Waals surface area contributed by atoms with E-state index < -0.39 is 0 Å². The van der Waals surface area contributed by atoms with Crippen LogP contribution in [0, 0.1) is 0 Å². The van der Waals surface area contributed by atoms with Gasteiger partial charge in [-0.1, -0.05) is 0 Å². The molecule has 4 rings (SSSR count). The number of rotatable bonds is 2. The van der Waals surface area contributed by atoms with Crippen molar-refractivity contribution in [3.8, 4) is 0 Å². The van der Waals surface area contributed by atoms with Crippen molar-refractivity contribution in [2.24, 2.45) is 0 Å². The van der Waals surface area contributed by atoms with Crippen molar-refractivity contribution in [2.45, 2.75) is 12.5 Å². The normalized spacial score (nSPS) is 18.0. The maximum atomic E-state index is 12.6. The summed E-state index contributed by atoms with van der Waals surface area (Å²) in [6, 6.07) is 5.58. The smallest absolute Gasteiger partial charge is 0.254 e. The first kappa shape index (κ1) is 12.9. The second kappa shape index (κ2) is 5.18. The molecular weight excluding hydrogens is 280 g/mol. The lowest BCUT2D eigenvalue weighted by Crippen LogP contribution is -2.29. The van der Waals surface area contributed by atoms with E-state index >= 15 is 0 Å². The van der Waals surface area contributed by atoms with E-state index in [1.165, 1.54) is 0 Å². The monoisotopic (exact) mass is 294 g/mol. The van der Waals surface area contributed by atoms with Gasteiger partial charge in [-0.05, 0) is 24.6 Å². The maximum Gasteiger partial charge on any atom is 0.254 e. The lowest BCUT2D eigenvalue weighted by Gasteiger charge is -2.16. The van der Waals surface area contributed by atoms with Crippen molar-refractivity contribution in [2.75, 3.05) is 13.1 Å². The summed E-state index contributed by atoms with van der Waals surface area (Å²) in [4.78, 5) is 24.6. The Balaban J connectivity index is 1.56. The number of amides is 1. The van der Waals surface area contributed by atoms with Crippen molar-refractivity contribution >= 4 is 16.9 Å². The lowest BCUT2D eigenvalue weighted by molar-refractivity contribution is 0.0786. The molecule has 7 heteroatoms. The second-order valence-corrected chi connectivity index (χ2v) is 5.30. The standard InChI is InChI=1S/C15H14N6O/c22-15(11-1-2-13-14(9-11)17-5-4-16-13)20-8-3-12(10-20)21-18-6-7-19-21/h1-2,4-7,9,12H,3,8,10H2. The van der Waals surface area contributed by atoms with Crippen LogP contribution in [0.25, 0.3) is 11.0 Å². The van der Waals surface area contributed by atoms with Gasteiger partial charge in [-0.3, -0.25) is 14.8 Å². The molecule has 1 unspecified atom stereocenters. The van der Waals surface area contributed by atoms with E-state index in [4.69, 9.17) is 0 Å². The number of hydrogen-bond acceptors (Lipinski definition) is 5. The quantitative estimate of drug-likeness (QED) is 0.712. The second-order valence-electron chi connectivity index (χ2n) is 5.30. The van der Waals surface area contributed by atoms with Crippen LogP contribution in [-0.2, 0) is 0 Å². The molecule has 1 atom stereocenters. The molecule has 0 aliphatic carbocycles. The Kier molecular flexibility index (Phi) is 3.03. The van der Waals surface area contributed by atoms with Gasteiger partial charge in [-0.15, -0.1) is 0 Å². The maximum absolute atomic E-state index is 12.6. The molecule has 0 radical (unpaired) electrons. The molecule has 1 aliphatic rings. The zero-order chi connectivity index (χ0) is 14.9. The van der Waals surface area contributed by atoms with Gasteiger partial charge in [0.25, 0.3) is 5.91 Å². The summed E-state index contributed by atoms with van der Waals surface area (Å²) in [5, 5.41) is 8.31. The molecule has 2 aromatic heterocycles. The predicted octanol–water partition coefficient (Wildman–Crippen LogP) is 1.31. The molecule has 0 N–H and O–H groups in total. The van der Waals surface area contributed by atoms with Crippen molar-refractivity contribution in [3.05, 3.63) is 48.5 Å². The highest BCUT2D eigenvalue weighted by molar-refractivity contribution is 5.97. The molecule has 3 aromatic rings. The molecule has 1 saturated heterocycles. The molecule has 110 valence electrons. The minimum absolute atomic E-state index is 0.0159. The molecule has 1 aromatic carbocycles. The van der Waals surface area contributed by atoms with Crippen LogP contribution in [-0.4, -0.2) is 48.9 Å². The summed E-state index contributed by atoms with van der Waals surface area (Å²) in [6.45, 7) is 1.34. The first-order valence-electron chi connectivity index (χ1n) is 7.17. The van der Waals surface area contributed by atoms with Crippen molar-refractivity contribution in [1.82, 2.24) is 29.9 Å². The van der Waals surface area contributed by atoms with Crippen molar-refractivity contribution in [3.63, 3.8) is 0 Å². The number of nitrogens with zero attached hydrogens (tertiary/aromatic N) is 6. The van der Waals surface area contributed by atoms with Gasteiger partial charge in [0.2, 0.25) is 0 Å². The number of benzene rings is 1. The van der Waals surface area contributed by atoms with Gasteiger partial charge >= 0.3 is 0 Å². The average molecular weight is 294 g/mol. The van der Waals surface area contributed by atoms with E-state index in [1.807, 2.05) is 11.0 Å². The number of hydrogen-bond donors (Lipinski definition) is 0. The van der Waals surface area contributed by atoms with Crippen LogP contribution in [0.5, 0.6) is 0 Å². The van der Waals surface area contributed by atoms with E-state index in [0.29, 0.717) is 18.7 Å².